The van der Waals surface area contributed by atoms with Crippen LogP contribution >= 0.6 is 11.6 Å². The summed E-state index contributed by atoms with van der Waals surface area (Å²) in [5, 5.41) is 10.1. The Morgan fingerprint density at radius 2 is 2.00 bits per heavy atom. The number of hydrogen-bond donors (Lipinski definition) is 1. The van der Waals surface area contributed by atoms with Crippen molar-refractivity contribution in [1.82, 2.24) is 0 Å². The van der Waals surface area contributed by atoms with Gasteiger partial charge in [-0.05, 0) is 41.8 Å². The topological polar surface area (TPSA) is 49.8 Å². The molecule has 2 aromatic rings. The van der Waals surface area contributed by atoms with E-state index in [4.69, 9.17) is 16.3 Å². The fourth-order valence-corrected chi connectivity index (χ4v) is 2.72. The number of methoxy groups -OCH3 is 1. The highest BCUT2D eigenvalue weighted by molar-refractivity contribution is 6.32. The zero-order valence-electron chi connectivity index (χ0n) is 13.4. The second-order valence-corrected chi connectivity index (χ2v) is 5.96. The predicted octanol–water partition coefficient (Wildman–Crippen LogP) is 3.83. The van der Waals surface area contributed by atoms with Crippen LogP contribution in [0, 0.1) is 0 Å². The number of ether oxygens (including phenoxy) is 1. The third kappa shape index (κ3) is 4.17. The maximum Gasteiger partial charge on any atom is 0.311 e. The normalized spacial score (nSPS) is 11.8. The van der Waals surface area contributed by atoms with Gasteiger partial charge in [0.25, 0.3) is 0 Å². The first kappa shape index (κ1) is 17.2. The molecule has 122 valence electrons. The minimum Gasteiger partial charge on any atom is -0.495 e. The Labute approximate surface area is 141 Å². The summed E-state index contributed by atoms with van der Waals surface area (Å²) in [6.07, 6.45) is 0.371. The van der Waals surface area contributed by atoms with Gasteiger partial charge in [-0.3, -0.25) is 4.79 Å². The Bertz CT molecular complexity index is 700. The van der Waals surface area contributed by atoms with Crippen LogP contribution in [0.15, 0.2) is 42.5 Å². The number of carboxylic acids is 1. The number of halogens is 1. The molecule has 0 saturated carbocycles. The highest BCUT2D eigenvalue weighted by Crippen LogP contribution is 2.29. The summed E-state index contributed by atoms with van der Waals surface area (Å²) in [6.45, 7) is 0. The third-order valence-electron chi connectivity index (χ3n) is 3.74. The quantitative estimate of drug-likeness (QED) is 0.873. The average molecular weight is 334 g/mol. The first-order valence-corrected chi connectivity index (χ1v) is 7.62. The number of aliphatic carboxylic acids is 1. The molecule has 0 fully saturated rings. The SMILES string of the molecule is COc1ccc(CC(C(=O)O)c2cccc(N(C)C)c2)cc1Cl. The van der Waals surface area contributed by atoms with E-state index in [-0.39, 0.29) is 0 Å². The molecule has 0 aliphatic heterocycles. The molecule has 5 heteroatoms. The van der Waals surface area contributed by atoms with E-state index >= 15 is 0 Å². The Kier molecular flexibility index (Phi) is 5.50. The second kappa shape index (κ2) is 7.38. The second-order valence-electron chi connectivity index (χ2n) is 5.55. The number of anilines is 1. The average Bonchev–Trinajstić information content (AvgIpc) is 2.52. The molecule has 0 aliphatic carbocycles. The number of rotatable bonds is 6. The molecule has 1 N–H and O–H groups in total. The summed E-state index contributed by atoms with van der Waals surface area (Å²) >= 11 is 6.13. The van der Waals surface area contributed by atoms with Crippen molar-refractivity contribution in [1.29, 1.82) is 0 Å². The Balaban J connectivity index is 2.31. The van der Waals surface area contributed by atoms with Crippen LogP contribution in [-0.2, 0) is 11.2 Å². The number of carbonyl (C=O) groups is 1. The van der Waals surface area contributed by atoms with E-state index < -0.39 is 11.9 Å². The van der Waals surface area contributed by atoms with Gasteiger partial charge in [-0.1, -0.05) is 29.8 Å². The van der Waals surface area contributed by atoms with Gasteiger partial charge in [0.1, 0.15) is 5.75 Å². The standard InChI is InChI=1S/C18H20ClNO3/c1-20(2)14-6-4-5-13(11-14)15(18(21)22)9-12-7-8-17(23-3)16(19)10-12/h4-8,10-11,15H,9H2,1-3H3,(H,21,22). The highest BCUT2D eigenvalue weighted by atomic mass is 35.5. The number of carboxylic acid groups (broad SMARTS) is 1. The van der Waals surface area contributed by atoms with Crippen molar-refractivity contribution in [3.05, 3.63) is 58.6 Å². The van der Waals surface area contributed by atoms with Crippen LogP contribution in [0.2, 0.25) is 5.02 Å². The Hall–Kier alpha value is -2.20. The molecule has 0 aromatic heterocycles. The first-order chi connectivity index (χ1) is 10.9. The number of nitrogens with zero attached hydrogens (tertiary/aromatic N) is 1. The van der Waals surface area contributed by atoms with Gasteiger partial charge in [0.2, 0.25) is 0 Å². The zero-order valence-corrected chi connectivity index (χ0v) is 14.2. The molecule has 1 unspecified atom stereocenters. The van der Waals surface area contributed by atoms with Crippen molar-refractivity contribution in [2.45, 2.75) is 12.3 Å². The molecule has 0 bridgehead atoms. The van der Waals surface area contributed by atoms with Crippen molar-refractivity contribution in [3.8, 4) is 5.75 Å². The van der Waals surface area contributed by atoms with E-state index in [9.17, 15) is 9.90 Å². The van der Waals surface area contributed by atoms with Gasteiger partial charge in [0.15, 0.2) is 0 Å². The van der Waals surface area contributed by atoms with E-state index in [1.165, 1.54) is 0 Å². The van der Waals surface area contributed by atoms with Gasteiger partial charge >= 0.3 is 5.97 Å². The van der Waals surface area contributed by atoms with Crippen LogP contribution in [0.5, 0.6) is 5.75 Å². The third-order valence-corrected chi connectivity index (χ3v) is 4.04. The van der Waals surface area contributed by atoms with E-state index in [2.05, 4.69) is 0 Å². The molecule has 0 saturated heterocycles. The largest absolute Gasteiger partial charge is 0.495 e. The van der Waals surface area contributed by atoms with Crippen LogP contribution in [0.1, 0.15) is 17.0 Å². The molecular weight excluding hydrogens is 314 g/mol. The summed E-state index contributed by atoms with van der Waals surface area (Å²) < 4.78 is 5.13. The molecule has 23 heavy (non-hydrogen) atoms. The van der Waals surface area contributed by atoms with Crippen molar-refractivity contribution < 1.29 is 14.6 Å². The smallest absolute Gasteiger partial charge is 0.311 e. The van der Waals surface area contributed by atoms with Gasteiger partial charge in [-0.2, -0.15) is 0 Å². The summed E-state index contributed by atoms with van der Waals surface area (Å²) in [5.74, 6) is -0.899. The van der Waals surface area contributed by atoms with E-state index in [0.717, 1.165) is 16.8 Å². The highest BCUT2D eigenvalue weighted by Gasteiger charge is 2.21. The summed E-state index contributed by atoms with van der Waals surface area (Å²) in [6, 6.07) is 12.9. The summed E-state index contributed by atoms with van der Waals surface area (Å²) in [4.78, 5) is 13.7. The monoisotopic (exact) mass is 333 g/mol. The lowest BCUT2D eigenvalue weighted by Gasteiger charge is -2.18. The minimum absolute atomic E-state index is 0.371. The lowest BCUT2D eigenvalue weighted by atomic mass is 9.91. The number of benzene rings is 2. The van der Waals surface area contributed by atoms with E-state index in [1.807, 2.05) is 49.3 Å². The van der Waals surface area contributed by atoms with Crippen molar-refractivity contribution >= 4 is 23.3 Å². The van der Waals surface area contributed by atoms with Gasteiger partial charge in [0.05, 0.1) is 18.1 Å². The molecule has 2 aromatic carbocycles. The minimum atomic E-state index is -0.854. The summed E-state index contributed by atoms with van der Waals surface area (Å²) in [5.41, 5.74) is 2.61. The van der Waals surface area contributed by atoms with Gasteiger partial charge < -0.3 is 14.7 Å². The molecule has 0 amide bonds. The zero-order chi connectivity index (χ0) is 17.0. The van der Waals surface area contributed by atoms with Gasteiger partial charge in [-0.25, -0.2) is 0 Å². The number of hydrogen-bond acceptors (Lipinski definition) is 3. The van der Waals surface area contributed by atoms with Gasteiger partial charge in [0, 0.05) is 19.8 Å². The van der Waals surface area contributed by atoms with Crippen LogP contribution in [0.4, 0.5) is 5.69 Å². The molecule has 4 nitrogen and oxygen atoms in total. The Morgan fingerprint density at radius 1 is 1.26 bits per heavy atom. The fourth-order valence-electron chi connectivity index (χ4n) is 2.44. The molecule has 0 radical (unpaired) electrons. The molecule has 1 atom stereocenters. The lowest BCUT2D eigenvalue weighted by molar-refractivity contribution is -0.138. The molecule has 0 spiro atoms. The lowest BCUT2D eigenvalue weighted by Crippen LogP contribution is -2.16. The van der Waals surface area contributed by atoms with Crippen LogP contribution in [0.25, 0.3) is 0 Å². The van der Waals surface area contributed by atoms with E-state index in [1.54, 1.807) is 19.2 Å². The Morgan fingerprint density at radius 3 is 2.57 bits per heavy atom. The first-order valence-electron chi connectivity index (χ1n) is 7.25. The van der Waals surface area contributed by atoms with Crippen LogP contribution < -0.4 is 9.64 Å². The van der Waals surface area contributed by atoms with Crippen molar-refractivity contribution in [2.24, 2.45) is 0 Å². The molecule has 0 aliphatic rings. The van der Waals surface area contributed by atoms with Crippen LogP contribution in [-0.4, -0.2) is 32.3 Å². The summed E-state index contributed by atoms with van der Waals surface area (Å²) in [7, 11) is 5.41. The molecule has 2 rings (SSSR count). The van der Waals surface area contributed by atoms with Gasteiger partial charge in [-0.15, -0.1) is 0 Å². The fraction of sp³-hybridized carbons (Fsp3) is 0.278. The maximum absolute atomic E-state index is 11.7. The maximum atomic E-state index is 11.7. The van der Waals surface area contributed by atoms with E-state index in [0.29, 0.717) is 17.2 Å². The molecular formula is C18H20ClNO3. The molecule has 0 heterocycles. The predicted molar refractivity (Wildman–Crippen MR) is 92.9 cm³/mol. The van der Waals surface area contributed by atoms with Crippen LogP contribution in [0.3, 0.4) is 0 Å². The van der Waals surface area contributed by atoms with Crippen molar-refractivity contribution in [2.75, 3.05) is 26.1 Å². The van der Waals surface area contributed by atoms with Crippen molar-refractivity contribution in [3.63, 3.8) is 0 Å².